The first-order chi connectivity index (χ1) is 10.4. The van der Waals surface area contributed by atoms with E-state index in [-0.39, 0.29) is 12.2 Å². The molecule has 1 aliphatic rings. The maximum atomic E-state index is 12.3. The first-order valence-electron chi connectivity index (χ1n) is 7.44. The van der Waals surface area contributed by atoms with E-state index in [0.717, 1.165) is 11.3 Å². The molecule has 0 bridgehead atoms. The molecule has 0 amide bonds. The third-order valence-corrected chi connectivity index (χ3v) is 5.14. The first-order valence-corrected chi connectivity index (χ1v) is 8.88. The van der Waals surface area contributed by atoms with Gasteiger partial charge in [0.15, 0.2) is 0 Å². The van der Waals surface area contributed by atoms with Gasteiger partial charge in [0.2, 0.25) is 0 Å². The van der Waals surface area contributed by atoms with Crippen molar-refractivity contribution in [3.8, 4) is 5.75 Å². The van der Waals surface area contributed by atoms with Crippen molar-refractivity contribution in [2.75, 3.05) is 26.7 Å². The molecular weight excluding hydrogens is 304 g/mol. The number of ether oxygens (including phenoxy) is 2. The van der Waals surface area contributed by atoms with E-state index < -0.39 is 10.2 Å². The van der Waals surface area contributed by atoms with Crippen LogP contribution in [0.25, 0.3) is 0 Å². The van der Waals surface area contributed by atoms with Crippen LogP contribution in [-0.2, 0) is 21.4 Å². The molecule has 0 saturated carbocycles. The number of hydrogen-bond acceptors (Lipinski definition) is 4. The number of nitrogens with one attached hydrogen (secondary N) is 1. The summed E-state index contributed by atoms with van der Waals surface area (Å²) in [6.07, 6.45) is 0.405. The van der Waals surface area contributed by atoms with E-state index in [1.165, 1.54) is 4.31 Å². The van der Waals surface area contributed by atoms with E-state index in [9.17, 15) is 8.42 Å². The Morgan fingerprint density at radius 2 is 1.91 bits per heavy atom. The van der Waals surface area contributed by atoms with Crippen LogP contribution in [0.15, 0.2) is 24.3 Å². The molecular formula is C15H24N2O4S. The fraction of sp³-hybridized carbons (Fsp3) is 0.600. The molecule has 2 atom stereocenters. The number of benzene rings is 1. The van der Waals surface area contributed by atoms with Gasteiger partial charge in [0.05, 0.1) is 19.3 Å². The second kappa shape index (κ2) is 7.41. The number of rotatable bonds is 6. The molecule has 0 unspecified atom stereocenters. The summed E-state index contributed by atoms with van der Waals surface area (Å²) < 4.78 is 39.6. The summed E-state index contributed by atoms with van der Waals surface area (Å²) in [5, 5.41) is 0. The number of morpholine rings is 1. The molecule has 0 spiro atoms. The summed E-state index contributed by atoms with van der Waals surface area (Å²) in [5.74, 6) is 0.773. The quantitative estimate of drug-likeness (QED) is 0.851. The van der Waals surface area contributed by atoms with Crippen LogP contribution in [0.1, 0.15) is 19.4 Å². The van der Waals surface area contributed by atoms with Crippen LogP contribution < -0.4 is 9.46 Å². The van der Waals surface area contributed by atoms with Crippen LogP contribution in [-0.4, -0.2) is 51.7 Å². The van der Waals surface area contributed by atoms with Gasteiger partial charge in [-0.25, -0.2) is 4.72 Å². The summed E-state index contributed by atoms with van der Waals surface area (Å²) in [4.78, 5) is 0. The molecule has 1 aromatic carbocycles. The third-order valence-electron chi connectivity index (χ3n) is 3.60. The lowest BCUT2D eigenvalue weighted by Gasteiger charge is -2.34. The molecule has 0 aromatic heterocycles. The van der Waals surface area contributed by atoms with Crippen molar-refractivity contribution >= 4 is 10.2 Å². The molecule has 1 aromatic rings. The SMILES string of the molecule is COc1ccccc1CCNS(=O)(=O)N1C[C@@H](C)O[C@H](C)C1. The molecule has 7 heteroatoms. The molecule has 1 heterocycles. The molecule has 6 nitrogen and oxygen atoms in total. The number of methoxy groups -OCH3 is 1. The zero-order valence-electron chi connectivity index (χ0n) is 13.3. The van der Waals surface area contributed by atoms with Crippen LogP contribution in [0.2, 0.25) is 0 Å². The van der Waals surface area contributed by atoms with E-state index in [2.05, 4.69) is 4.72 Å². The normalized spacial score (nSPS) is 23.4. The molecule has 1 aliphatic heterocycles. The minimum Gasteiger partial charge on any atom is -0.496 e. The Morgan fingerprint density at radius 3 is 2.55 bits per heavy atom. The lowest BCUT2D eigenvalue weighted by atomic mass is 10.1. The predicted molar refractivity (Wildman–Crippen MR) is 85.2 cm³/mol. The Hall–Kier alpha value is -1.15. The van der Waals surface area contributed by atoms with Crippen LogP contribution in [0.4, 0.5) is 0 Å². The zero-order chi connectivity index (χ0) is 16.2. The average Bonchev–Trinajstić information content (AvgIpc) is 2.46. The largest absolute Gasteiger partial charge is 0.496 e. The van der Waals surface area contributed by atoms with Gasteiger partial charge in [-0.3, -0.25) is 0 Å². The summed E-state index contributed by atoms with van der Waals surface area (Å²) in [6.45, 7) is 4.87. The van der Waals surface area contributed by atoms with Gasteiger partial charge in [-0.2, -0.15) is 12.7 Å². The van der Waals surface area contributed by atoms with E-state index in [4.69, 9.17) is 9.47 Å². The molecule has 1 fully saturated rings. The van der Waals surface area contributed by atoms with Gasteiger partial charge in [0.1, 0.15) is 5.75 Å². The fourth-order valence-electron chi connectivity index (χ4n) is 2.64. The van der Waals surface area contributed by atoms with E-state index in [0.29, 0.717) is 26.1 Å². The maximum absolute atomic E-state index is 12.3. The summed E-state index contributed by atoms with van der Waals surface area (Å²) in [7, 11) is -1.87. The topological polar surface area (TPSA) is 67.9 Å². The van der Waals surface area contributed by atoms with Gasteiger partial charge < -0.3 is 9.47 Å². The van der Waals surface area contributed by atoms with Crippen molar-refractivity contribution in [1.29, 1.82) is 0 Å². The average molecular weight is 328 g/mol. The Morgan fingerprint density at radius 1 is 1.27 bits per heavy atom. The highest BCUT2D eigenvalue weighted by Gasteiger charge is 2.30. The summed E-state index contributed by atoms with van der Waals surface area (Å²) in [5.41, 5.74) is 0.983. The number of hydrogen-bond donors (Lipinski definition) is 1. The summed E-state index contributed by atoms with van der Waals surface area (Å²) >= 11 is 0. The van der Waals surface area contributed by atoms with Gasteiger partial charge in [-0.15, -0.1) is 0 Å². The van der Waals surface area contributed by atoms with Crippen molar-refractivity contribution in [3.63, 3.8) is 0 Å². The molecule has 1 saturated heterocycles. The second-order valence-electron chi connectivity index (χ2n) is 5.54. The monoisotopic (exact) mass is 328 g/mol. The maximum Gasteiger partial charge on any atom is 0.279 e. The van der Waals surface area contributed by atoms with Crippen molar-refractivity contribution in [2.45, 2.75) is 32.5 Å². The van der Waals surface area contributed by atoms with Crippen molar-refractivity contribution in [1.82, 2.24) is 9.03 Å². The minimum absolute atomic E-state index is 0.0884. The fourth-order valence-corrected chi connectivity index (χ4v) is 4.00. The van der Waals surface area contributed by atoms with E-state index in [1.807, 2.05) is 38.1 Å². The molecule has 124 valence electrons. The van der Waals surface area contributed by atoms with Gasteiger partial charge in [-0.1, -0.05) is 18.2 Å². The number of para-hydroxylation sites is 1. The van der Waals surface area contributed by atoms with E-state index in [1.54, 1.807) is 7.11 Å². The lowest BCUT2D eigenvalue weighted by Crippen LogP contribution is -2.52. The first kappa shape index (κ1) is 17.2. The Labute approximate surface area is 132 Å². The second-order valence-corrected chi connectivity index (χ2v) is 7.29. The van der Waals surface area contributed by atoms with Crippen LogP contribution in [0.3, 0.4) is 0 Å². The van der Waals surface area contributed by atoms with Gasteiger partial charge in [0.25, 0.3) is 10.2 Å². The van der Waals surface area contributed by atoms with E-state index >= 15 is 0 Å². The Bertz CT molecular complexity index is 581. The van der Waals surface area contributed by atoms with Gasteiger partial charge in [0, 0.05) is 19.6 Å². The molecule has 22 heavy (non-hydrogen) atoms. The lowest BCUT2D eigenvalue weighted by molar-refractivity contribution is -0.0443. The molecule has 0 aliphatic carbocycles. The van der Waals surface area contributed by atoms with Crippen molar-refractivity contribution in [2.24, 2.45) is 0 Å². The highest BCUT2D eigenvalue weighted by atomic mass is 32.2. The molecule has 0 radical (unpaired) electrons. The van der Waals surface area contributed by atoms with Crippen LogP contribution >= 0.6 is 0 Å². The third kappa shape index (κ3) is 4.42. The summed E-state index contributed by atoms with van der Waals surface area (Å²) in [6, 6.07) is 7.61. The molecule has 2 rings (SSSR count). The molecule has 1 N–H and O–H groups in total. The Balaban J connectivity index is 1.92. The zero-order valence-corrected chi connectivity index (χ0v) is 14.1. The van der Waals surface area contributed by atoms with Crippen LogP contribution in [0.5, 0.6) is 5.75 Å². The van der Waals surface area contributed by atoms with Crippen molar-refractivity contribution in [3.05, 3.63) is 29.8 Å². The van der Waals surface area contributed by atoms with Crippen molar-refractivity contribution < 1.29 is 17.9 Å². The smallest absolute Gasteiger partial charge is 0.279 e. The standard InChI is InChI=1S/C15H24N2O4S/c1-12-10-17(11-13(2)21-12)22(18,19)16-9-8-14-6-4-5-7-15(14)20-3/h4-7,12-13,16H,8-11H2,1-3H3/t12-,13-/m1/s1. The number of nitrogens with zero attached hydrogens (tertiary/aromatic N) is 1. The minimum atomic E-state index is -3.48. The van der Waals surface area contributed by atoms with Gasteiger partial charge >= 0.3 is 0 Å². The van der Waals surface area contributed by atoms with Gasteiger partial charge in [-0.05, 0) is 31.9 Å². The van der Waals surface area contributed by atoms with Crippen LogP contribution in [0, 0.1) is 0 Å². The Kier molecular flexibility index (Phi) is 5.80. The predicted octanol–water partition coefficient (Wildman–Crippen LogP) is 1.18. The highest BCUT2D eigenvalue weighted by molar-refractivity contribution is 7.87. The highest BCUT2D eigenvalue weighted by Crippen LogP contribution is 2.18.